The molecule has 1 fully saturated rings. The van der Waals surface area contributed by atoms with Crippen LogP contribution >= 0.6 is 0 Å². The summed E-state index contributed by atoms with van der Waals surface area (Å²) >= 11 is 0. The molecule has 4 rings (SSSR count). The summed E-state index contributed by atoms with van der Waals surface area (Å²) in [5.41, 5.74) is 3.84. The summed E-state index contributed by atoms with van der Waals surface area (Å²) in [7, 11) is 3.95. The van der Waals surface area contributed by atoms with E-state index in [0.29, 0.717) is 5.39 Å². The summed E-state index contributed by atoms with van der Waals surface area (Å²) in [6.07, 6.45) is 0. The number of fused-ring (bicyclic) bond motifs is 1. The topological polar surface area (TPSA) is 60.6 Å². The number of aromatic amines is 1. The average molecular weight is 393 g/mol. The van der Waals surface area contributed by atoms with Gasteiger partial charge in [0.15, 0.2) is 0 Å². The molecule has 0 unspecified atom stereocenters. The van der Waals surface area contributed by atoms with E-state index in [1.165, 1.54) is 0 Å². The molecule has 0 amide bonds. The van der Waals surface area contributed by atoms with Crippen molar-refractivity contribution in [3.05, 3.63) is 58.9 Å². The standard InChI is InChI=1S/C23H28N4O2/c1-26(2)20-7-6-17-15-22(25-23(28)21(17)16-20)18-4-3-5-19(14-18)24-8-9-27-10-12-29-13-11-27/h3-7,14-16,24H,8-13H2,1-2H3,(H,25,28). The first-order chi connectivity index (χ1) is 14.1. The minimum absolute atomic E-state index is 0.0631. The Morgan fingerprint density at radius 1 is 1.10 bits per heavy atom. The van der Waals surface area contributed by atoms with E-state index in [-0.39, 0.29) is 5.56 Å². The summed E-state index contributed by atoms with van der Waals surface area (Å²) in [5.74, 6) is 0. The second-order valence-electron chi connectivity index (χ2n) is 7.64. The summed E-state index contributed by atoms with van der Waals surface area (Å²) in [6, 6.07) is 16.2. The Morgan fingerprint density at radius 2 is 1.93 bits per heavy atom. The van der Waals surface area contributed by atoms with Gasteiger partial charge in [0.2, 0.25) is 0 Å². The lowest BCUT2D eigenvalue weighted by Gasteiger charge is -2.26. The molecule has 2 aromatic carbocycles. The zero-order valence-corrected chi connectivity index (χ0v) is 17.1. The summed E-state index contributed by atoms with van der Waals surface area (Å²) in [6.45, 7) is 5.51. The largest absolute Gasteiger partial charge is 0.384 e. The maximum absolute atomic E-state index is 12.7. The quantitative estimate of drug-likeness (QED) is 0.675. The van der Waals surface area contributed by atoms with E-state index in [2.05, 4.69) is 27.3 Å². The number of nitrogens with one attached hydrogen (secondary N) is 2. The SMILES string of the molecule is CN(C)c1ccc2cc(-c3cccc(NCCN4CCOCC4)c3)[nH]c(=O)c2c1. The molecule has 1 aliphatic heterocycles. The summed E-state index contributed by atoms with van der Waals surface area (Å²) in [4.78, 5) is 20.1. The molecular formula is C23H28N4O2. The maximum atomic E-state index is 12.7. The number of morpholine rings is 1. The van der Waals surface area contributed by atoms with Gasteiger partial charge in [0.1, 0.15) is 0 Å². The number of benzene rings is 2. The van der Waals surface area contributed by atoms with E-state index in [9.17, 15) is 4.79 Å². The number of pyridine rings is 1. The predicted octanol–water partition coefficient (Wildman–Crippen LogP) is 3.01. The van der Waals surface area contributed by atoms with Gasteiger partial charge in [0.25, 0.3) is 5.56 Å². The van der Waals surface area contributed by atoms with Crippen molar-refractivity contribution >= 4 is 22.1 Å². The molecule has 2 N–H and O–H groups in total. The highest BCUT2D eigenvalue weighted by Gasteiger charge is 2.10. The van der Waals surface area contributed by atoms with E-state index in [4.69, 9.17) is 4.74 Å². The smallest absolute Gasteiger partial charge is 0.256 e. The Morgan fingerprint density at radius 3 is 2.72 bits per heavy atom. The van der Waals surface area contributed by atoms with Crippen LogP contribution in [0, 0.1) is 0 Å². The van der Waals surface area contributed by atoms with E-state index >= 15 is 0 Å². The van der Waals surface area contributed by atoms with Crippen molar-refractivity contribution < 1.29 is 4.74 Å². The number of hydrogen-bond donors (Lipinski definition) is 2. The number of ether oxygens (including phenoxy) is 1. The van der Waals surface area contributed by atoms with Gasteiger partial charge in [-0.25, -0.2) is 0 Å². The highest BCUT2D eigenvalue weighted by molar-refractivity contribution is 5.88. The molecule has 2 heterocycles. The first kappa shape index (κ1) is 19.5. The zero-order valence-electron chi connectivity index (χ0n) is 17.1. The van der Waals surface area contributed by atoms with Crippen molar-refractivity contribution in [3.8, 4) is 11.3 Å². The number of anilines is 2. The number of aromatic nitrogens is 1. The van der Waals surface area contributed by atoms with Gasteiger partial charge in [-0.15, -0.1) is 0 Å². The monoisotopic (exact) mass is 392 g/mol. The van der Waals surface area contributed by atoms with E-state index < -0.39 is 0 Å². The van der Waals surface area contributed by atoms with Crippen LogP contribution in [0.15, 0.2) is 53.3 Å². The zero-order chi connectivity index (χ0) is 20.2. The molecule has 0 radical (unpaired) electrons. The molecule has 1 aromatic heterocycles. The average Bonchev–Trinajstić information content (AvgIpc) is 2.74. The molecule has 0 atom stereocenters. The van der Waals surface area contributed by atoms with Gasteiger partial charge in [0, 0.05) is 68.3 Å². The van der Waals surface area contributed by atoms with Gasteiger partial charge >= 0.3 is 0 Å². The molecule has 1 aliphatic rings. The van der Waals surface area contributed by atoms with Crippen molar-refractivity contribution in [1.29, 1.82) is 0 Å². The van der Waals surface area contributed by atoms with Crippen LogP contribution in [0.3, 0.4) is 0 Å². The Kier molecular flexibility index (Phi) is 5.83. The molecule has 1 saturated heterocycles. The van der Waals surface area contributed by atoms with Gasteiger partial charge < -0.3 is 19.9 Å². The minimum atomic E-state index is -0.0631. The third-order valence-electron chi connectivity index (χ3n) is 5.38. The second-order valence-corrected chi connectivity index (χ2v) is 7.64. The highest BCUT2D eigenvalue weighted by Crippen LogP contribution is 2.24. The fraction of sp³-hybridized carbons (Fsp3) is 0.348. The second kappa shape index (κ2) is 8.68. The lowest BCUT2D eigenvalue weighted by Crippen LogP contribution is -2.38. The van der Waals surface area contributed by atoms with Gasteiger partial charge in [-0.3, -0.25) is 9.69 Å². The summed E-state index contributed by atoms with van der Waals surface area (Å²) < 4.78 is 5.39. The predicted molar refractivity (Wildman–Crippen MR) is 120 cm³/mol. The van der Waals surface area contributed by atoms with Crippen LogP contribution in [0.2, 0.25) is 0 Å². The van der Waals surface area contributed by atoms with Crippen molar-refractivity contribution in [3.63, 3.8) is 0 Å². The Labute approximate surface area is 171 Å². The number of rotatable bonds is 6. The Bertz CT molecular complexity index is 1040. The van der Waals surface area contributed by atoms with E-state index in [0.717, 1.165) is 67.4 Å². The van der Waals surface area contributed by atoms with Crippen LogP contribution in [0.25, 0.3) is 22.0 Å². The van der Waals surface area contributed by atoms with E-state index in [1.54, 1.807) is 0 Å². The maximum Gasteiger partial charge on any atom is 0.256 e. The molecule has 0 aliphatic carbocycles. The van der Waals surface area contributed by atoms with Gasteiger partial charge in [0.05, 0.1) is 13.2 Å². The number of nitrogens with zero attached hydrogens (tertiary/aromatic N) is 2. The fourth-order valence-electron chi connectivity index (χ4n) is 3.66. The van der Waals surface area contributed by atoms with Crippen LogP contribution in [-0.2, 0) is 4.74 Å². The molecule has 0 spiro atoms. The third-order valence-corrected chi connectivity index (χ3v) is 5.38. The van der Waals surface area contributed by atoms with Crippen LogP contribution in [0.1, 0.15) is 0 Å². The fourth-order valence-corrected chi connectivity index (χ4v) is 3.66. The van der Waals surface area contributed by atoms with Gasteiger partial charge in [-0.05, 0) is 35.7 Å². The van der Waals surface area contributed by atoms with Gasteiger partial charge in [-0.1, -0.05) is 18.2 Å². The van der Waals surface area contributed by atoms with E-state index in [1.807, 2.05) is 55.4 Å². The van der Waals surface area contributed by atoms with Crippen molar-refractivity contribution in [2.45, 2.75) is 0 Å². The van der Waals surface area contributed by atoms with Gasteiger partial charge in [-0.2, -0.15) is 0 Å². The highest BCUT2D eigenvalue weighted by atomic mass is 16.5. The Hall–Kier alpha value is -2.83. The lowest BCUT2D eigenvalue weighted by molar-refractivity contribution is 0.0398. The number of hydrogen-bond acceptors (Lipinski definition) is 5. The number of H-pyrrole nitrogens is 1. The van der Waals surface area contributed by atoms with Crippen LogP contribution in [-0.4, -0.2) is 63.4 Å². The molecule has 3 aromatic rings. The van der Waals surface area contributed by atoms with Crippen LogP contribution in [0.5, 0.6) is 0 Å². The molecule has 0 bridgehead atoms. The molecular weight excluding hydrogens is 364 g/mol. The molecule has 152 valence electrons. The van der Waals surface area contributed by atoms with Crippen LogP contribution in [0.4, 0.5) is 11.4 Å². The molecule has 6 heteroatoms. The molecule has 29 heavy (non-hydrogen) atoms. The first-order valence-electron chi connectivity index (χ1n) is 10.1. The first-order valence-corrected chi connectivity index (χ1v) is 10.1. The minimum Gasteiger partial charge on any atom is -0.384 e. The summed E-state index contributed by atoms with van der Waals surface area (Å²) in [5, 5.41) is 5.15. The van der Waals surface area contributed by atoms with Crippen LogP contribution < -0.4 is 15.8 Å². The lowest BCUT2D eigenvalue weighted by atomic mass is 10.1. The molecule has 6 nitrogen and oxygen atoms in total. The molecule has 0 saturated carbocycles. The van der Waals surface area contributed by atoms with Crippen molar-refractivity contribution in [1.82, 2.24) is 9.88 Å². The van der Waals surface area contributed by atoms with Crippen molar-refractivity contribution in [2.75, 3.05) is 63.7 Å². The van der Waals surface area contributed by atoms with Crippen molar-refractivity contribution in [2.24, 2.45) is 0 Å². The normalized spacial score (nSPS) is 14.8. The third kappa shape index (κ3) is 4.60. The Balaban J connectivity index is 1.52.